The molecule has 0 aliphatic rings. The van der Waals surface area contributed by atoms with Gasteiger partial charge in [0.15, 0.2) is 0 Å². The Morgan fingerprint density at radius 3 is 2.48 bits per heavy atom. The monoisotopic (exact) mass is 283 g/mol. The number of rotatable bonds is 3. The summed E-state index contributed by atoms with van der Waals surface area (Å²) in [6.45, 7) is 3.75. The van der Waals surface area contributed by atoms with E-state index in [0.29, 0.717) is 0 Å². The van der Waals surface area contributed by atoms with Crippen molar-refractivity contribution in [3.05, 3.63) is 58.7 Å². The summed E-state index contributed by atoms with van der Waals surface area (Å²) < 4.78 is 14.9. The van der Waals surface area contributed by atoms with Crippen LogP contribution in [-0.4, -0.2) is 10.5 Å². The molecule has 4 nitrogen and oxygen atoms in total. The van der Waals surface area contributed by atoms with Crippen LogP contribution >= 0.6 is 0 Å². The lowest BCUT2D eigenvalue weighted by atomic mass is 10.1. The molecule has 1 amide bonds. The first-order valence-electron chi connectivity index (χ1n) is 6.30. The molecular weight excluding hydrogens is 269 g/mol. The van der Waals surface area contributed by atoms with Crippen LogP contribution in [0.15, 0.2) is 35.9 Å². The molecule has 0 unspecified atom stereocenters. The van der Waals surface area contributed by atoms with Gasteiger partial charge in [0.05, 0.1) is 0 Å². The van der Waals surface area contributed by atoms with Crippen molar-refractivity contribution >= 4 is 12.0 Å². The van der Waals surface area contributed by atoms with Gasteiger partial charge in [-0.25, -0.2) is 4.39 Å². The lowest BCUT2D eigenvalue weighted by Gasteiger charge is -2.09. The fourth-order valence-corrected chi connectivity index (χ4v) is 2.24. The number of carbonyl (C=O) groups is 1. The summed E-state index contributed by atoms with van der Waals surface area (Å²) in [5, 5.41) is 8.90. The normalized spacial score (nSPS) is 11.2. The van der Waals surface area contributed by atoms with Crippen LogP contribution in [0.4, 0.5) is 4.39 Å². The fourth-order valence-electron chi connectivity index (χ4n) is 2.24. The van der Waals surface area contributed by atoms with Gasteiger partial charge in [0.1, 0.15) is 17.5 Å². The second kappa shape index (κ2) is 5.63. The van der Waals surface area contributed by atoms with Gasteiger partial charge in [-0.3, -0.25) is 4.79 Å². The topological polar surface area (TPSA) is 71.8 Å². The number of primary amides is 1. The van der Waals surface area contributed by atoms with Gasteiger partial charge in [-0.05, 0) is 55.8 Å². The van der Waals surface area contributed by atoms with Gasteiger partial charge in [0.2, 0.25) is 0 Å². The number of nitrogens with two attached hydrogens (primary N) is 1. The Labute approximate surface area is 121 Å². The molecule has 0 saturated carbocycles. The minimum absolute atomic E-state index is 0.102. The molecule has 0 aliphatic carbocycles. The molecule has 0 aliphatic heterocycles. The second-order valence-corrected chi connectivity index (χ2v) is 4.67. The number of hydrogen-bond acceptors (Lipinski definition) is 2. The molecular formula is C16H14FN3O. The second-order valence-electron chi connectivity index (χ2n) is 4.67. The molecule has 0 spiro atoms. The third-order valence-corrected chi connectivity index (χ3v) is 3.24. The number of aryl methyl sites for hydroxylation is 1. The molecule has 1 aromatic carbocycles. The third kappa shape index (κ3) is 2.84. The minimum Gasteiger partial charge on any atom is -0.365 e. The number of benzene rings is 1. The van der Waals surface area contributed by atoms with Gasteiger partial charge >= 0.3 is 0 Å². The first-order valence-corrected chi connectivity index (χ1v) is 6.30. The lowest BCUT2D eigenvalue weighted by molar-refractivity contribution is -0.114. The number of amides is 1. The molecule has 21 heavy (non-hydrogen) atoms. The molecule has 0 atom stereocenters. The SMILES string of the molecule is Cc1cc(C=C(C#N)C(N)=O)c(C)n1-c1ccc(F)cc1. The highest BCUT2D eigenvalue weighted by atomic mass is 19.1. The Bertz CT molecular complexity index is 764. The molecule has 0 radical (unpaired) electrons. The van der Waals surface area contributed by atoms with E-state index in [1.807, 2.05) is 24.5 Å². The van der Waals surface area contributed by atoms with Crippen molar-refractivity contribution in [3.63, 3.8) is 0 Å². The lowest BCUT2D eigenvalue weighted by Crippen LogP contribution is -2.12. The van der Waals surface area contributed by atoms with Gasteiger partial charge in [-0.15, -0.1) is 0 Å². The number of halogens is 1. The largest absolute Gasteiger partial charge is 0.365 e. The predicted octanol–water partition coefficient (Wildman–Crippen LogP) is 2.63. The van der Waals surface area contributed by atoms with Crippen LogP contribution in [0.1, 0.15) is 17.0 Å². The zero-order chi connectivity index (χ0) is 15.6. The molecule has 106 valence electrons. The number of hydrogen-bond donors (Lipinski definition) is 1. The third-order valence-electron chi connectivity index (χ3n) is 3.24. The van der Waals surface area contributed by atoms with E-state index in [0.717, 1.165) is 22.6 Å². The van der Waals surface area contributed by atoms with E-state index in [4.69, 9.17) is 11.0 Å². The summed E-state index contributed by atoms with van der Waals surface area (Å²) in [5.74, 6) is -1.06. The first kappa shape index (κ1) is 14.5. The van der Waals surface area contributed by atoms with E-state index in [1.54, 1.807) is 18.2 Å². The fraction of sp³-hybridized carbons (Fsp3) is 0.125. The number of nitriles is 1. The predicted molar refractivity (Wildman–Crippen MR) is 78.0 cm³/mol. The van der Waals surface area contributed by atoms with Crippen molar-refractivity contribution in [3.8, 4) is 11.8 Å². The quantitative estimate of drug-likeness (QED) is 0.694. The van der Waals surface area contributed by atoms with E-state index in [-0.39, 0.29) is 11.4 Å². The standard InChI is InChI=1S/C16H14FN3O/c1-10-7-12(8-13(9-18)16(19)21)11(2)20(10)15-5-3-14(17)4-6-15/h3-8H,1-2H3,(H2,19,21). The highest BCUT2D eigenvalue weighted by molar-refractivity contribution is 6.00. The first-order chi connectivity index (χ1) is 9.93. The number of nitrogens with zero attached hydrogens (tertiary/aromatic N) is 2. The molecule has 2 rings (SSSR count). The molecule has 0 bridgehead atoms. The maximum atomic E-state index is 13.0. The van der Waals surface area contributed by atoms with Crippen LogP contribution in [0.3, 0.4) is 0 Å². The molecule has 0 fully saturated rings. The van der Waals surface area contributed by atoms with Crippen molar-refractivity contribution in [2.75, 3.05) is 0 Å². The van der Waals surface area contributed by atoms with Gasteiger partial charge in [-0.1, -0.05) is 0 Å². The molecule has 5 heteroatoms. The Morgan fingerprint density at radius 2 is 1.95 bits per heavy atom. The molecule has 1 aromatic heterocycles. The maximum Gasteiger partial charge on any atom is 0.259 e. The zero-order valence-corrected chi connectivity index (χ0v) is 11.7. The van der Waals surface area contributed by atoms with Gasteiger partial charge in [0.25, 0.3) is 5.91 Å². The minimum atomic E-state index is -0.760. The zero-order valence-electron chi connectivity index (χ0n) is 11.7. The van der Waals surface area contributed by atoms with E-state index in [1.165, 1.54) is 18.2 Å². The summed E-state index contributed by atoms with van der Waals surface area (Å²) in [6, 6.07) is 9.73. The molecule has 2 aromatic rings. The summed E-state index contributed by atoms with van der Waals surface area (Å²) >= 11 is 0. The van der Waals surface area contributed by atoms with Crippen LogP contribution in [0.2, 0.25) is 0 Å². The Balaban J connectivity index is 2.55. The van der Waals surface area contributed by atoms with Crippen molar-refractivity contribution in [1.82, 2.24) is 4.57 Å². The Morgan fingerprint density at radius 1 is 1.33 bits per heavy atom. The summed E-state index contributed by atoms with van der Waals surface area (Å²) in [6.07, 6.45) is 1.46. The van der Waals surface area contributed by atoms with Crippen LogP contribution in [0, 0.1) is 31.0 Å². The maximum absolute atomic E-state index is 13.0. The average Bonchev–Trinajstić information content (AvgIpc) is 2.71. The summed E-state index contributed by atoms with van der Waals surface area (Å²) in [5.41, 5.74) is 8.33. The van der Waals surface area contributed by atoms with Crippen molar-refractivity contribution < 1.29 is 9.18 Å². The van der Waals surface area contributed by atoms with Crippen LogP contribution < -0.4 is 5.73 Å². The number of aromatic nitrogens is 1. The van der Waals surface area contributed by atoms with E-state index >= 15 is 0 Å². The van der Waals surface area contributed by atoms with Crippen LogP contribution in [0.25, 0.3) is 11.8 Å². The van der Waals surface area contributed by atoms with Gasteiger partial charge in [0, 0.05) is 17.1 Å². The molecule has 1 heterocycles. The van der Waals surface area contributed by atoms with E-state index in [2.05, 4.69) is 0 Å². The summed E-state index contributed by atoms with van der Waals surface area (Å²) in [7, 11) is 0. The molecule has 0 saturated heterocycles. The van der Waals surface area contributed by atoms with Crippen molar-refractivity contribution in [1.29, 1.82) is 5.26 Å². The van der Waals surface area contributed by atoms with Gasteiger partial charge in [-0.2, -0.15) is 5.26 Å². The van der Waals surface area contributed by atoms with E-state index in [9.17, 15) is 9.18 Å². The van der Waals surface area contributed by atoms with Crippen LogP contribution in [-0.2, 0) is 4.79 Å². The van der Waals surface area contributed by atoms with Crippen molar-refractivity contribution in [2.45, 2.75) is 13.8 Å². The summed E-state index contributed by atoms with van der Waals surface area (Å²) in [4.78, 5) is 11.1. The smallest absolute Gasteiger partial charge is 0.259 e. The molecule has 2 N–H and O–H groups in total. The Kier molecular flexibility index (Phi) is 3.90. The number of carbonyl (C=O) groups excluding carboxylic acids is 1. The van der Waals surface area contributed by atoms with Crippen LogP contribution in [0.5, 0.6) is 0 Å². The van der Waals surface area contributed by atoms with Gasteiger partial charge < -0.3 is 10.3 Å². The Hall–Kier alpha value is -2.87. The van der Waals surface area contributed by atoms with E-state index < -0.39 is 5.91 Å². The van der Waals surface area contributed by atoms with Crippen molar-refractivity contribution in [2.24, 2.45) is 5.73 Å². The highest BCUT2D eigenvalue weighted by Gasteiger charge is 2.11. The highest BCUT2D eigenvalue weighted by Crippen LogP contribution is 2.22. The average molecular weight is 283 g/mol.